The normalized spacial score (nSPS) is 16.4. The summed E-state index contributed by atoms with van der Waals surface area (Å²) >= 11 is 4.35. The smallest absolute Gasteiger partial charge is 0.193 e. The minimum Gasteiger partial charge on any atom is -0.231 e. The number of thiol groups is 1. The molecule has 0 aromatic heterocycles. The maximum Gasteiger partial charge on any atom is 0.193 e. The van der Waals surface area contributed by atoms with Gasteiger partial charge in [-0.3, -0.25) is 0 Å². The van der Waals surface area contributed by atoms with E-state index in [0.29, 0.717) is 5.31 Å². The summed E-state index contributed by atoms with van der Waals surface area (Å²) in [5, 5.41) is 0.499. The van der Waals surface area contributed by atoms with Crippen LogP contribution in [0.2, 0.25) is 5.31 Å². The highest BCUT2D eigenvalue weighted by Crippen LogP contribution is 2.35. The molecule has 0 N–H and O–H groups in total. The molecular weight excluding hydrogens is 139 g/mol. The monoisotopic (exact) mass is 158 g/mol. The summed E-state index contributed by atoms with van der Waals surface area (Å²) in [7, 11) is 0. The molecule has 60 valence electrons. The van der Waals surface area contributed by atoms with Crippen molar-refractivity contribution in [3.05, 3.63) is 0 Å². The predicted molar refractivity (Wildman–Crippen MR) is 54.3 cm³/mol. The first-order valence-corrected chi connectivity index (χ1v) is 4.92. The van der Waals surface area contributed by atoms with Crippen LogP contribution in [0.15, 0.2) is 0 Å². The highest BCUT2D eigenvalue weighted by molar-refractivity contribution is 8.07. The van der Waals surface area contributed by atoms with Gasteiger partial charge in [-0.25, -0.2) is 12.5 Å². The SMILES string of the molecule is CCCCC(C)(BS)CC. The first kappa shape index (κ1) is 10.4. The van der Waals surface area contributed by atoms with Crippen LogP contribution in [0.5, 0.6) is 0 Å². The van der Waals surface area contributed by atoms with Crippen molar-refractivity contribution in [2.24, 2.45) is 0 Å². The van der Waals surface area contributed by atoms with E-state index in [1.807, 2.05) is 0 Å². The lowest BCUT2D eigenvalue weighted by Crippen LogP contribution is -2.11. The van der Waals surface area contributed by atoms with E-state index < -0.39 is 0 Å². The molecule has 2 heteroatoms. The Morgan fingerprint density at radius 3 is 2.30 bits per heavy atom. The van der Waals surface area contributed by atoms with Crippen LogP contribution in [-0.4, -0.2) is 6.56 Å². The van der Waals surface area contributed by atoms with Gasteiger partial charge in [-0.15, -0.1) is 0 Å². The molecule has 0 spiro atoms. The molecule has 0 heterocycles. The second-order valence-electron chi connectivity index (χ2n) is 3.43. The van der Waals surface area contributed by atoms with Crippen LogP contribution in [0.3, 0.4) is 0 Å². The van der Waals surface area contributed by atoms with Crippen molar-refractivity contribution in [3.8, 4) is 0 Å². The van der Waals surface area contributed by atoms with E-state index >= 15 is 0 Å². The van der Waals surface area contributed by atoms with Crippen LogP contribution in [0.1, 0.15) is 46.5 Å². The van der Waals surface area contributed by atoms with E-state index in [1.54, 1.807) is 0 Å². The van der Waals surface area contributed by atoms with Gasteiger partial charge in [0.1, 0.15) is 0 Å². The van der Waals surface area contributed by atoms with Gasteiger partial charge in [-0.1, -0.05) is 46.5 Å². The van der Waals surface area contributed by atoms with Gasteiger partial charge in [-0.05, 0) is 5.31 Å². The largest absolute Gasteiger partial charge is 0.231 e. The summed E-state index contributed by atoms with van der Waals surface area (Å²) in [6, 6.07) is 0. The zero-order chi connectivity index (χ0) is 8.04. The third-order valence-electron chi connectivity index (χ3n) is 2.37. The molecule has 0 aliphatic carbocycles. The van der Waals surface area contributed by atoms with E-state index in [4.69, 9.17) is 0 Å². The van der Waals surface area contributed by atoms with Crippen molar-refractivity contribution in [1.82, 2.24) is 0 Å². The Balaban J connectivity index is 3.58. The predicted octanol–water partition coefficient (Wildman–Crippen LogP) is 3.05. The maximum absolute atomic E-state index is 4.35. The lowest BCUT2D eigenvalue weighted by molar-refractivity contribution is 0.513. The van der Waals surface area contributed by atoms with Gasteiger partial charge in [0.05, 0.1) is 0 Å². The molecule has 0 aliphatic heterocycles. The van der Waals surface area contributed by atoms with Gasteiger partial charge in [0.15, 0.2) is 6.56 Å². The Bertz CT molecular complexity index is 79.3. The fourth-order valence-corrected chi connectivity index (χ4v) is 1.35. The molecule has 1 atom stereocenters. The number of hydrogen-bond acceptors (Lipinski definition) is 1. The molecule has 0 aliphatic rings. The Hall–Kier alpha value is 0.415. The third kappa shape index (κ3) is 3.55. The quantitative estimate of drug-likeness (QED) is 0.461. The molecule has 0 aromatic rings. The molecule has 0 aromatic carbocycles. The second kappa shape index (κ2) is 5.12. The Morgan fingerprint density at radius 1 is 1.40 bits per heavy atom. The first-order valence-electron chi connectivity index (χ1n) is 4.29. The molecule has 1 unspecified atom stereocenters. The Kier molecular flexibility index (Phi) is 5.33. The molecule has 0 fully saturated rings. The summed E-state index contributed by atoms with van der Waals surface area (Å²) in [6.07, 6.45) is 5.26. The lowest BCUT2D eigenvalue weighted by Gasteiger charge is -2.24. The van der Waals surface area contributed by atoms with Crippen molar-refractivity contribution in [1.29, 1.82) is 0 Å². The van der Waals surface area contributed by atoms with Crippen LogP contribution in [0.4, 0.5) is 0 Å². The van der Waals surface area contributed by atoms with Gasteiger partial charge in [0.25, 0.3) is 0 Å². The van der Waals surface area contributed by atoms with Crippen molar-refractivity contribution in [2.75, 3.05) is 0 Å². The molecular formula is C8H19BS. The van der Waals surface area contributed by atoms with E-state index in [1.165, 1.54) is 25.7 Å². The van der Waals surface area contributed by atoms with Gasteiger partial charge in [-0.2, -0.15) is 0 Å². The van der Waals surface area contributed by atoms with Crippen LogP contribution in [0.25, 0.3) is 0 Å². The van der Waals surface area contributed by atoms with Crippen LogP contribution in [-0.2, 0) is 0 Å². The van der Waals surface area contributed by atoms with Gasteiger partial charge < -0.3 is 0 Å². The number of hydrogen-bond donors (Lipinski definition) is 1. The molecule has 0 bridgehead atoms. The van der Waals surface area contributed by atoms with Crippen molar-refractivity contribution in [2.45, 2.75) is 51.8 Å². The summed E-state index contributed by atoms with van der Waals surface area (Å²) < 4.78 is 0. The molecule has 0 amide bonds. The van der Waals surface area contributed by atoms with Crippen LogP contribution < -0.4 is 0 Å². The lowest BCUT2D eigenvalue weighted by atomic mass is 9.64. The van der Waals surface area contributed by atoms with Crippen LogP contribution in [0, 0.1) is 0 Å². The van der Waals surface area contributed by atoms with Crippen molar-refractivity contribution >= 4 is 19.0 Å². The highest BCUT2D eigenvalue weighted by atomic mass is 32.1. The van der Waals surface area contributed by atoms with Crippen LogP contribution >= 0.6 is 12.5 Å². The fourth-order valence-electron chi connectivity index (χ4n) is 0.971. The zero-order valence-electron chi connectivity index (χ0n) is 7.48. The highest BCUT2D eigenvalue weighted by Gasteiger charge is 2.19. The number of rotatable bonds is 5. The summed E-state index contributed by atoms with van der Waals surface area (Å²) in [5.74, 6) is 0. The molecule has 0 nitrogen and oxygen atoms in total. The van der Waals surface area contributed by atoms with Crippen molar-refractivity contribution < 1.29 is 0 Å². The van der Waals surface area contributed by atoms with E-state index in [0.717, 1.165) is 6.56 Å². The standard InChI is InChI=1S/C8H19BS/c1-4-6-7-8(3,5-2)9-10/h9-10H,4-7H2,1-3H3. The van der Waals surface area contributed by atoms with Crippen molar-refractivity contribution in [3.63, 3.8) is 0 Å². The second-order valence-corrected chi connectivity index (χ2v) is 3.74. The fraction of sp³-hybridized carbons (Fsp3) is 1.00. The first-order chi connectivity index (χ1) is 4.68. The van der Waals surface area contributed by atoms with Gasteiger partial charge in [0, 0.05) is 0 Å². The maximum atomic E-state index is 4.35. The van der Waals surface area contributed by atoms with E-state index in [2.05, 4.69) is 33.3 Å². The van der Waals surface area contributed by atoms with E-state index in [-0.39, 0.29) is 0 Å². The summed E-state index contributed by atoms with van der Waals surface area (Å²) in [4.78, 5) is 0. The molecule has 0 radical (unpaired) electrons. The average Bonchev–Trinajstić information content (AvgIpc) is 2.00. The third-order valence-corrected chi connectivity index (χ3v) is 3.13. The summed E-state index contributed by atoms with van der Waals surface area (Å²) in [5.41, 5.74) is 0. The minimum atomic E-state index is 0.499. The zero-order valence-corrected chi connectivity index (χ0v) is 8.38. The molecule has 0 rings (SSSR count). The van der Waals surface area contributed by atoms with Gasteiger partial charge >= 0.3 is 0 Å². The average molecular weight is 158 g/mol. The Labute approximate surface area is 71.3 Å². The minimum absolute atomic E-state index is 0.499. The molecule has 10 heavy (non-hydrogen) atoms. The topological polar surface area (TPSA) is 0 Å². The van der Waals surface area contributed by atoms with E-state index in [9.17, 15) is 0 Å². The Morgan fingerprint density at radius 2 is 2.00 bits per heavy atom. The molecule has 0 saturated carbocycles. The van der Waals surface area contributed by atoms with Gasteiger partial charge in [0.2, 0.25) is 0 Å². The molecule has 0 saturated heterocycles. The number of unbranched alkanes of at least 4 members (excludes halogenated alkanes) is 1. The summed E-state index contributed by atoms with van der Waals surface area (Å²) in [6.45, 7) is 7.86.